The molecular formula is C24H22F2N2O4. The van der Waals surface area contributed by atoms with Gasteiger partial charge in [0, 0.05) is 17.0 Å². The second kappa shape index (κ2) is 7.20. The van der Waals surface area contributed by atoms with Gasteiger partial charge in [-0.2, -0.15) is 0 Å². The second-order valence-electron chi connectivity index (χ2n) is 8.49. The molecule has 0 spiro atoms. The van der Waals surface area contributed by atoms with Crippen molar-refractivity contribution in [1.29, 1.82) is 0 Å². The minimum atomic E-state index is -1.53. The Hall–Kier alpha value is -3.13. The first-order valence-corrected chi connectivity index (χ1v) is 10.7. The number of aryl methyl sites for hydroxylation is 1. The van der Waals surface area contributed by atoms with Crippen molar-refractivity contribution in [1.82, 2.24) is 9.55 Å². The molecule has 2 aliphatic rings. The van der Waals surface area contributed by atoms with Crippen LogP contribution >= 0.6 is 0 Å². The standard InChI is InChI=1S/C24H22F2N2O4/c1-3-5-12-13-6-17(25)18(26)8-19(13)27-22-14(12)10-28-20(22)7-16-15(23(28)30)11-32-21(29)9-24(16,31)4-2/h6-8,31H,3-5,9-11H2,1-2H3/t24-/m1/s1. The molecule has 0 bridgehead atoms. The van der Waals surface area contributed by atoms with Crippen molar-refractivity contribution < 1.29 is 23.4 Å². The second-order valence-corrected chi connectivity index (χ2v) is 8.49. The first kappa shape index (κ1) is 20.8. The van der Waals surface area contributed by atoms with Crippen LogP contribution < -0.4 is 5.56 Å². The van der Waals surface area contributed by atoms with Gasteiger partial charge < -0.3 is 14.4 Å². The summed E-state index contributed by atoms with van der Waals surface area (Å²) in [4.78, 5) is 30.1. The van der Waals surface area contributed by atoms with Crippen molar-refractivity contribution in [2.24, 2.45) is 0 Å². The van der Waals surface area contributed by atoms with E-state index in [4.69, 9.17) is 4.74 Å². The highest BCUT2D eigenvalue weighted by molar-refractivity contribution is 5.88. The van der Waals surface area contributed by atoms with Crippen molar-refractivity contribution >= 4 is 16.9 Å². The van der Waals surface area contributed by atoms with E-state index in [0.717, 1.165) is 23.6 Å². The molecule has 6 nitrogen and oxygen atoms in total. The molecule has 0 fully saturated rings. The number of rotatable bonds is 3. The van der Waals surface area contributed by atoms with Crippen LogP contribution in [0.15, 0.2) is 23.0 Å². The number of ether oxygens (including phenoxy) is 1. The number of carbonyl (C=O) groups excluding carboxylic acids is 1. The molecule has 0 saturated heterocycles. The lowest BCUT2D eigenvalue weighted by atomic mass is 9.85. The summed E-state index contributed by atoms with van der Waals surface area (Å²) >= 11 is 0. The van der Waals surface area contributed by atoms with Crippen LogP contribution in [0.4, 0.5) is 8.78 Å². The highest BCUT2D eigenvalue weighted by atomic mass is 19.2. The number of hydrogen-bond acceptors (Lipinski definition) is 5. The zero-order valence-electron chi connectivity index (χ0n) is 17.8. The normalized spacial score (nSPS) is 19.3. The Morgan fingerprint density at radius 1 is 1.16 bits per heavy atom. The fourth-order valence-corrected chi connectivity index (χ4v) is 4.89. The maximum absolute atomic E-state index is 14.0. The molecule has 3 aromatic rings. The molecule has 0 amide bonds. The number of aromatic nitrogens is 2. The van der Waals surface area contributed by atoms with E-state index in [0.29, 0.717) is 34.3 Å². The van der Waals surface area contributed by atoms with Crippen molar-refractivity contribution in [2.75, 3.05) is 0 Å². The topological polar surface area (TPSA) is 81.4 Å². The maximum Gasteiger partial charge on any atom is 0.309 e. The number of benzene rings is 1. The summed E-state index contributed by atoms with van der Waals surface area (Å²) in [5, 5.41) is 11.7. The molecule has 166 valence electrons. The fraction of sp³-hybridized carbons (Fsp3) is 0.375. The molecule has 1 aromatic carbocycles. The van der Waals surface area contributed by atoms with Gasteiger partial charge in [-0.1, -0.05) is 20.3 Å². The molecule has 4 heterocycles. The summed E-state index contributed by atoms with van der Waals surface area (Å²) in [6, 6.07) is 3.94. The molecule has 8 heteroatoms. The molecule has 0 unspecified atom stereocenters. The molecule has 0 radical (unpaired) electrons. The summed E-state index contributed by atoms with van der Waals surface area (Å²) in [6.45, 7) is 3.75. The smallest absolute Gasteiger partial charge is 0.309 e. The monoisotopic (exact) mass is 440 g/mol. The predicted octanol–water partition coefficient (Wildman–Crippen LogP) is 3.70. The number of nitrogens with zero attached hydrogens (tertiary/aromatic N) is 2. The molecule has 2 aromatic heterocycles. The Balaban J connectivity index is 1.82. The molecule has 32 heavy (non-hydrogen) atoms. The summed E-state index contributed by atoms with van der Waals surface area (Å²) < 4.78 is 34.7. The van der Waals surface area contributed by atoms with Gasteiger partial charge in [-0.25, -0.2) is 13.8 Å². The van der Waals surface area contributed by atoms with Gasteiger partial charge in [-0.15, -0.1) is 0 Å². The van der Waals surface area contributed by atoms with E-state index < -0.39 is 23.2 Å². The summed E-state index contributed by atoms with van der Waals surface area (Å²) in [5.41, 5.74) is 1.66. The third kappa shape index (κ3) is 2.89. The molecule has 0 aliphatic carbocycles. The zero-order valence-corrected chi connectivity index (χ0v) is 17.8. The van der Waals surface area contributed by atoms with Crippen LogP contribution in [0.25, 0.3) is 22.3 Å². The average Bonchev–Trinajstić information content (AvgIpc) is 3.06. The Kier molecular flexibility index (Phi) is 4.67. The minimum Gasteiger partial charge on any atom is -0.460 e. The first-order chi connectivity index (χ1) is 15.3. The van der Waals surface area contributed by atoms with Crippen molar-refractivity contribution in [3.63, 3.8) is 0 Å². The Bertz CT molecular complexity index is 1360. The van der Waals surface area contributed by atoms with Crippen LogP contribution in [-0.2, 0) is 34.7 Å². The molecule has 2 aliphatic heterocycles. The van der Waals surface area contributed by atoms with Gasteiger partial charge in [-0.3, -0.25) is 9.59 Å². The largest absolute Gasteiger partial charge is 0.460 e. The maximum atomic E-state index is 14.0. The Morgan fingerprint density at radius 2 is 1.91 bits per heavy atom. The lowest BCUT2D eigenvalue weighted by Gasteiger charge is -2.26. The van der Waals surface area contributed by atoms with Gasteiger partial charge in [0.2, 0.25) is 0 Å². The van der Waals surface area contributed by atoms with Crippen LogP contribution in [0, 0.1) is 11.6 Å². The van der Waals surface area contributed by atoms with Crippen LogP contribution in [-0.4, -0.2) is 20.6 Å². The number of halogens is 2. The van der Waals surface area contributed by atoms with Crippen LogP contribution in [0.1, 0.15) is 55.4 Å². The number of carbonyl (C=O) groups is 1. The number of esters is 1. The lowest BCUT2D eigenvalue weighted by Crippen LogP contribution is -2.32. The van der Waals surface area contributed by atoms with E-state index in [9.17, 15) is 23.5 Å². The highest BCUT2D eigenvalue weighted by Gasteiger charge is 2.39. The van der Waals surface area contributed by atoms with Gasteiger partial charge >= 0.3 is 5.97 Å². The Morgan fingerprint density at radius 3 is 2.62 bits per heavy atom. The van der Waals surface area contributed by atoms with Crippen molar-refractivity contribution in [3.8, 4) is 11.4 Å². The third-order valence-electron chi connectivity index (χ3n) is 6.61. The van der Waals surface area contributed by atoms with E-state index in [1.54, 1.807) is 13.0 Å². The summed E-state index contributed by atoms with van der Waals surface area (Å²) in [6.07, 6.45) is 1.37. The molecule has 5 rings (SSSR count). The Labute approximate surface area is 182 Å². The molecule has 1 N–H and O–H groups in total. The van der Waals surface area contributed by atoms with Gasteiger partial charge in [-0.05, 0) is 36.1 Å². The first-order valence-electron chi connectivity index (χ1n) is 10.7. The minimum absolute atomic E-state index is 0.209. The van der Waals surface area contributed by atoms with Gasteiger partial charge in [0.15, 0.2) is 11.6 Å². The number of cyclic esters (lactones) is 1. The quantitative estimate of drug-likeness (QED) is 0.492. The van der Waals surface area contributed by atoms with E-state index in [1.807, 2.05) is 6.92 Å². The number of fused-ring (bicyclic) bond motifs is 5. The van der Waals surface area contributed by atoms with Crippen LogP contribution in [0.3, 0.4) is 0 Å². The van der Waals surface area contributed by atoms with E-state index in [1.165, 1.54) is 10.6 Å². The highest BCUT2D eigenvalue weighted by Crippen LogP contribution is 2.40. The summed E-state index contributed by atoms with van der Waals surface area (Å²) in [5.74, 6) is -2.49. The van der Waals surface area contributed by atoms with Gasteiger partial charge in [0.25, 0.3) is 5.56 Å². The van der Waals surface area contributed by atoms with Crippen LogP contribution in [0.2, 0.25) is 0 Å². The third-order valence-corrected chi connectivity index (χ3v) is 6.61. The number of hydrogen-bond donors (Lipinski definition) is 1. The molecular weight excluding hydrogens is 418 g/mol. The average molecular weight is 440 g/mol. The van der Waals surface area contributed by atoms with E-state index >= 15 is 0 Å². The predicted molar refractivity (Wildman–Crippen MR) is 113 cm³/mol. The zero-order chi connectivity index (χ0) is 22.8. The van der Waals surface area contributed by atoms with Crippen LogP contribution in [0.5, 0.6) is 0 Å². The SMILES string of the molecule is CCCc1c2c(nc3cc(F)c(F)cc13)-c1cc3c(c(=O)n1C2)COC(=O)C[C@]3(O)CC. The molecule has 1 atom stereocenters. The van der Waals surface area contributed by atoms with Crippen molar-refractivity contribution in [3.05, 3.63) is 62.4 Å². The van der Waals surface area contributed by atoms with Gasteiger partial charge in [0.1, 0.15) is 12.2 Å². The number of aliphatic hydroxyl groups is 1. The number of pyridine rings is 2. The van der Waals surface area contributed by atoms with Crippen molar-refractivity contribution in [2.45, 2.75) is 58.3 Å². The van der Waals surface area contributed by atoms with E-state index in [2.05, 4.69) is 4.98 Å². The van der Waals surface area contributed by atoms with Gasteiger partial charge in [0.05, 0.1) is 35.4 Å². The summed E-state index contributed by atoms with van der Waals surface area (Å²) in [7, 11) is 0. The lowest BCUT2D eigenvalue weighted by molar-refractivity contribution is -0.149. The molecule has 0 saturated carbocycles. The van der Waals surface area contributed by atoms with E-state index in [-0.39, 0.29) is 37.1 Å². The fourth-order valence-electron chi connectivity index (χ4n) is 4.89.